The summed E-state index contributed by atoms with van der Waals surface area (Å²) in [4.78, 5) is 39.6. The van der Waals surface area contributed by atoms with Crippen molar-refractivity contribution in [3.8, 4) is 11.5 Å². The number of halogens is 2. The Morgan fingerprint density at radius 3 is 2.47 bits per heavy atom. The summed E-state index contributed by atoms with van der Waals surface area (Å²) in [6.07, 6.45) is 1.53. The second kappa shape index (κ2) is 11.6. The number of carbonyl (C=O) groups excluding carboxylic acids is 2. The Morgan fingerprint density at radius 2 is 1.77 bits per heavy atom. The number of oxazole rings is 1. The van der Waals surface area contributed by atoms with Gasteiger partial charge in [-0.05, 0) is 41.1 Å². The summed E-state index contributed by atoms with van der Waals surface area (Å²) in [5, 5.41) is 11.3. The molecule has 1 aliphatic heterocycles. The highest BCUT2D eigenvalue weighted by Gasteiger charge is 2.32. The van der Waals surface area contributed by atoms with Crippen LogP contribution in [0.4, 0.5) is 14.5 Å². The van der Waals surface area contributed by atoms with Crippen LogP contribution in [0.2, 0.25) is 0 Å². The molecule has 14 heteroatoms. The number of aromatic nitrogens is 6. The smallest absolute Gasteiger partial charge is 0.350 e. The highest BCUT2D eigenvalue weighted by Crippen LogP contribution is 2.29. The van der Waals surface area contributed by atoms with Crippen LogP contribution >= 0.6 is 0 Å². The summed E-state index contributed by atoms with van der Waals surface area (Å²) in [7, 11) is 1.68. The Hall–Kier alpha value is -5.11. The van der Waals surface area contributed by atoms with Crippen molar-refractivity contribution in [1.29, 1.82) is 0 Å². The van der Waals surface area contributed by atoms with Crippen LogP contribution in [0.3, 0.4) is 0 Å². The van der Waals surface area contributed by atoms with Gasteiger partial charge in [0, 0.05) is 57.6 Å². The number of amides is 2. The Kier molecular flexibility index (Phi) is 7.59. The van der Waals surface area contributed by atoms with E-state index in [4.69, 9.17) is 4.42 Å². The van der Waals surface area contributed by atoms with Crippen LogP contribution in [-0.2, 0) is 4.79 Å². The minimum absolute atomic E-state index is 0.104. The van der Waals surface area contributed by atoms with Gasteiger partial charge in [0.15, 0.2) is 11.4 Å². The Bertz CT molecular complexity index is 1770. The van der Waals surface area contributed by atoms with E-state index in [2.05, 4.69) is 25.4 Å². The van der Waals surface area contributed by atoms with E-state index in [1.807, 2.05) is 35.2 Å². The van der Waals surface area contributed by atoms with Gasteiger partial charge < -0.3 is 14.2 Å². The Morgan fingerprint density at radius 1 is 1.00 bits per heavy atom. The van der Waals surface area contributed by atoms with Crippen molar-refractivity contribution in [2.45, 2.75) is 19.5 Å². The molecule has 2 amide bonds. The number of hydrogen-bond donors (Lipinski definition) is 0. The highest BCUT2D eigenvalue weighted by molar-refractivity contribution is 5.94. The van der Waals surface area contributed by atoms with Gasteiger partial charge in [0.05, 0.1) is 6.04 Å². The maximum atomic E-state index is 13.5. The number of nitrogens with zero attached hydrogens (tertiary/aromatic N) is 9. The number of rotatable bonds is 7. The fourth-order valence-corrected chi connectivity index (χ4v) is 5.04. The van der Waals surface area contributed by atoms with Crippen LogP contribution in [0.1, 0.15) is 41.4 Å². The number of piperazine rings is 1. The minimum Gasteiger partial charge on any atom is -0.436 e. The predicted molar refractivity (Wildman–Crippen MR) is 151 cm³/mol. The molecule has 1 aliphatic rings. The molecule has 0 spiro atoms. The lowest BCUT2D eigenvalue weighted by Gasteiger charge is -2.38. The van der Waals surface area contributed by atoms with Gasteiger partial charge in [-0.1, -0.05) is 35.1 Å². The van der Waals surface area contributed by atoms with Gasteiger partial charge in [0.1, 0.15) is 11.2 Å². The van der Waals surface area contributed by atoms with Crippen LogP contribution in [0.5, 0.6) is 0 Å². The molecule has 5 aromatic rings. The lowest BCUT2D eigenvalue weighted by molar-refractivity contribution is -0.116. The van der Waals surface area contributed by atoms with E-state index in [0.29, 0.717) is 59.2 Å². The maximum Gasteiger partial charge on any atom is 0.350 e. The van der Waals surface area contributed by atoms with E-state index in [9.17, 15) is 18.4 Å². The molecule has 0 N–H and O–H groups in total. The van der Waals surface area contributed by atoms with Crippen molar-refractivity contribution in [3.63, 3.8) is 0 Å². The standard InChI is InChI=1S/C29H27F2N9O3/c1-18(41)37(2)21-8-9-24-22(17-21)33-27(43-24)20-10-11-32-23(16-20)28(42)39-14-12-38(13-15-39)25(19-6-4-3-5-7-19)26-34-36-40(35-26)29(30)31/h3-11,16-17,25,29H,12-15H2,1-2H3/t25-/m1/s1. The molecule has 0 aliphatic carbocycles. The first-order chi connectivity index (χ1) is 20.8. The molecule has 12 nitrogen and oxygen atoms in total. The number of benzene rings is 2. The zero-order valence-electron chi connectivity index (χ0n) is 23.3. The number of pyridine rings is 1. The maximum absolute atomic E-state index is 13.5. The quantitative estimate of drug-likeness (QED) is 0.279. The molecular formula is C29H27F2N9O3. The van der Waals surface area contributed by atoms with Crippen LogP contribution in [0, 0.1) is 0 Å². The van der Waals surface area contributed by atoms with Crippen molar-refractivity contribution in [2.24, 2.45) is 0 Å². The second-order valence-corrected chi connectivity index (χ2v) is 10.1. The third kappa shape index (κ3) is 5.68. The number of carbonyl (C=O) groups is 2. The van der Waals surface area contributed by atoms with Gasteiger partial charge in [-0.3, -0.25) is 19.5 Å². The molecule has 4 heterocycles. The fourth-order valence-electron chi connectivity index (χ4n) is 5.04. The molecule has 2 aromatic carbocycles. The number of anilines is 1. The van der Waals surface area contributed by atoms with E-state index in [1.54, 1.807) is 42.3 Å². The third-order valence-electron chi connectivity index (χ3n) is 7.40. The van der Waals surface area contributed by atoms with E-state index >= 15 is 0 Å². The van der Waals surface area contributed by atoms with Gasteiger partial charge in [0.25, 0.3) is 5.91 Å². The molecule has 0 radical (unpaired) electrons. The molecule has 3 aromatic heterocycles. The van der Waals surface area contributed by atoms with Crippen molar-refractivity contribution < 1.29 is 22.8 Å². The zero-order valence-corrected chi connectivity index (χ0v) is 23.3. The van der Waals surface area contributed by atoms with Gasteiger partial charge in [-0.25, -0.2) is 4.98 Å². The van der Waals surface area contributed by atoms with Crippen LogP contribution in [-0.4, -0.2) is 85.0 Å². The predicted octanol–water partition coefficient (Wildman–Crippen LogP) is 3.80. The molecule has 1 saturated heterocycles. The van der Waals surface area contributed by atoms with Gasteiger partial charge in [-0.2, -0.15) is 8.78 Å². The molecule has 220 valence electrons. The summed E-state index contributed by atoms with van der Waals surface area (Å²) < 4.78 is 32.3. The summed E-state index contributed by atoms with van der Waals surface area (Å²) >= 11 is 0. The van der Waals surface area contributed by atoms with Gasteiger partial charge in [-0.15, -0.1) is 10.2 Å². The van der Waals surface area contributed by atoms with Crippen LogP contribution in [0.15, 0.2) is 71.3 Å². The lowest BCUT2D eigenvalue weighted by atomic mass is 10.0. The molecule has 0 saturated carbocycles. The van der Waals surface area contributed by atoms with Crippen LogP contribution < -0.4 is 4.90 Å². The summed E-state index contributed by atoms with van der Waals surface area (Å²) in [5.41, 5.74) is 3.49. The first-order valence-electron chi connectivity index (χ1n) is 13.6. The number of alkyl halides is 2. The first kappa shape index (κ1) is 28.0. The molecule has 0 unspecified atom stereocenters. The monoisotopic (exact) mass is 587 g/mol. The molecular weight excluding hydrogens is 560 g/mol. The minimum atomic E-state index is -2.89. The highest BCUT2D eigenvalue weighted by atomic mass is 19.3. The topological polar surface area (TPSA) is 126 Å². The molecule has 1 atom stereocenters. The fraction of sp³-hybridized carbons (Fsp3) is 0.276. The number of tetrazole rings is 1. The Balaban J connectivity index is 1.18. The lowest BCUT2D eigenvalue weighted by Crippen LogP contribution is -2.50. The number of fused-ring (bicyclic) bond motifs is 1. The second-order valence-electron chi connectivity index (χ2n) is 10.1. The average Bonchev–Trinajstić information content (AvgIpc) is 3.69. The van der Waals surface area contributed by atoms with Crippen molar-refractivity contribution >= 4 is 28.6 Å². The molecule has 0 bridgehead atoms. The van der Waals surface area contributed by atoms with E-state index in [-0.39, 0.29) is 23.3 Å². The SMILES string of the molecule is CC(=O)N(C)c1ccc2oc(-c3ccnc(C(=O)N4CCN([C@H](c5ccccc5)c5nnn(C(F)F)n5)CC4)c3)nc2c1. The van der Waals surface area contributed by atoms with Gasteiger partial charge in [0.2, 0.25) is 11.8 Å². The van der Waals surface area contributed by atoms with E-state index in [1.165, 1.54) is 18.0 Å². The number of hydrogen-bond acceptors (Lipinski definition) is 9. The first-order valence-corrected chi connectivity index (χ1v) is 13.6. The Labute approximate surface area is 244 Å². The van der Waals surface area contributed by atoms with E-state index < -0.39 is 12.6 Å². The summed E-state index contributed by atoms with van der Waals surface area (Å²) in [6, 6.07) is 17.5. The van der Waals surface area contributed by atoms with Crippen molar-refractivity contribution in [1.82, 2.24) is 40.0 Å². The third-order valence-corrected chi connectivity index (χ3v) is 7.40. The normalized spacial score (nSPS) is 14.8. The van der Waals surface area contributed by atoms with E-state index in [0.717, 1.165) is 5.56 Å². The van der Waals surface area contributed by atoms with Crippen molar-refractivity contribution in [3.05, 3.63) is 83.9 Å². The molecule has 43 heavy (non-hydrogen) atoms. The average molecular weight is 588 g/mol. The van der Waals surface area contributed by atoms with Gasteiger partial charge >= 0.3 is 6.55 Å². The molecule has 6 rings (SSSR count). The zero-order chi connectivity index (χ0) is 30.1. The van der Waals surface area contributed by atoms with Crippen molar-refractivity contribution in [2.75, 3.05) is 38.1 Å². The largest absolute Gasteiger partial charge is 0.436 e. The summed E-state index contributed by atoms with van der Waals surface area (Å²) in [6.45, 7) is 0.261. The molecule has 1 fully saturated rings. The summed E-state index contributed by atoms with van der Waals surface area (Å²) in [5.74, 6) is 0.141. The van der Waals surface area contributed by atoms with Crippen LogP contribution in [0.25, 0.3) is 22.6 Å².